The molecule has 10 heteroatoms. The number of carbonyl (C=O) groups is 3. The van der Waals surface area contributed by atoms with Gasteiger partial charge in [-0.2, -0.15) is 23.5 Å². The number of anilines is 3. The number of ketones is 1. The third-order valence-corrected chi connectivity index (χ3v) is 15.1. The number of carbonyl (C=O) groups excluding carboxylic acids is 3. The van der Waals surface area contributed by atoms with Crippen molar-refractivity contribution < 1.29 is 19.5 Å². The fourth-order valence-corrected chi connectivity index (χ4v) is 11.1. The number of likely N-dealkylation sites (N-methyl/N-ethyl adjacent to an activating group) is 2. The molecule has 0 bridgehead atoms. The van der Waals surface area contributed by atoms with Crippen molar-refractivity contribution in [1.29, 1.82) is 0 Å². The van der Waals surface area contributed by atoms with Gasteiger partial charge in [0.1, 0.15) is 18.8 Å². The number of nitrogens with zero attached hydrogens (tertiary/aromatic N) is 2. The number of nitrogens with one attached hydrogen (secondary N) is 2. The highest BCUT2D eigenvalue weighted by Crippen LogP contribution is 2.43. The Morgan fingerprint density at radius 3 is 1.73 bits per heavy atom. The molecule has 2 aliphatic heterocycles. The zero-order valence-electron chi connectivity index (χ0n) is 38.9. The minimum absolute atomic E-state index is 0.0791. The number of fused-ring (bicyclic) bond motifs is 2. The normalized spacial score (nSPS) is 15.3. The zero-order valence-corrected chi connectivity index (χ0v) is 40.5. The molecule has 0 aromatic heterocycles. The lowest BCUT2D eigenvalue weighted by molar-refractivity contribution is -0.116. The number of thioether (sulfide) groups is 2. The summed E-state index contributed by atoms with van der Waals surface area (Å²) < 4.78 is 2.29. The molecule has 8 nitrogen and oxygen atoms in total. The van der Waals surface area contributed by atoms with Crippen LogP contribution in [0.4, 0.5) is 17.1 Å². The molecule has 2 aromatic carbocycles. The summed E-state index contributed by atoms with van der Waals surface area (Å²) in [5.74, 6) is 3.10. The first-order chi connectivity index (χ1) is 30.3. The lowest BCUT2D eigenvalue weighted by atomic mass is 9.80. The smallest absolute Gasteiger partial charge is 0.225 e. The fraction of sp³-hybridized carbons (Fsp3) is 0.654. The summed E-state index contributed by atoms with van der Waals surface area (Å²) >= 11 is 3.67. The van der Waals surface area contributed by atoms with Crippen molar-refractivity contribution >= 4 is 69.3 Å². The van der Waals surface area contributed by atoms with Crippen molar-refractivity contribution in [1.82, 2.24) is 4.58 Å². The molecular weight excluding hydrogens is 809 g/mol. The van der Waals surface area contributed by atoms with Crippen LogP contribution in [0.3, 0.4) is 0 Å². The van der Waals surface area contributed by atoms with E-state index in [4.69, 9.17) is 0 Å². The van der Waals surface area contributed by atoms with Gasteiger partial charge in [0.15, 0.2) is 0 Å². The lowest BCUT2D eigenvalue weighted by Crippen LogP contribution is -2.33. The van der Waals surface area contributed by atoms with Crippen LogP contribution in [0.5, 0.6) is 0 Å². The van der Waals surface area contributed by atoms with Gasteiger partial charge in [-0.25, -0.2) is 4.58 Å². The maximum Gasteiger partial charge on any atom is 0.225 e. The van der Waals surface area contributed by atoms with Gasteiger partial charge < -0.3 is 20.6 Å². The van der Waals surface area contributed by atoms with Gasteiger partial charge >= 0.3 is 0 Å². The largest absolute Gasteiger partial charge is 0.506 e. The number of Topliss-reactive ketones (excluding diaryl/α,β-unsaturated/α-hetero) is 1. The Balaban J connectivity index is 1.25. The Bertz CT molecular complexity index is 1960. The van der Waals surface area contributed by atoms with Gasteiger partial charge in [-0.05, 0) is 68.4 Å². The molecule has 0 fully saturated rings. The highest BCUT2D eigenvalue weighted by molar-refractivity contribution is 7.99. The zero-order chi connectivity index (χ0) is 44.1. The summed E-state index contributed by atoms with van der Waals surface area (Å²) in [6.45, 7) is 12.2. The van der Waals surface area contributed by atoms with Gasteiger partial charge in [0.2, 0.25) is 23.0 Å². The van der Waals surface area contributed by atoms with Crippen molar-refractivity contribution in [2.75, 3.05) is 64.7 Å². The minimum Gasteiger partial charge on any atom is -0.506 e. The molecule has 0 spiro atoms. The van der Waals surface area contributed by atoms with Crippen molar-refractivity contribution in [3.05, 3.63) is 57.3 Å². The molecule has 3 N–H and O–H groups in total. The van der Waals surface area contributed by atoms with Crippen LogP contribution in [0.1, 0.15) is 173 Å². The summed E-state index contributed by atoms with van der Waals surface area (Å²) in [6, 6.07) is 7.98. The lowest BCUT2D eigenvalue weighted by Gasteiger charge is -2.26. The molecule has 2 heterocycles. The quantitative estimate of drug-likeness (QED) is 0.0512. The molecule has 0 atom stereocenters. The van der Waals surface area contributed by atoms with Crippen molar-refractivity contribution in [3.63, 3.8) is 0 Å². The average molecular weight is 888 g/mol. The van der Waals surface area contributed by atoms with Gasteiger partial charge in [0, 0.05) is 72.0 Å². The fourth-order valence-electron chi connectivity index (χ4n) is 9.18. The molecule has 1 aliphatic carbocycles. The molecule has 0 saturated heterocycles. The Labute approximate surface area is 382 Å². The second-order valence-electron chi connectivity index (χ2n) is 17.6. The third kappa shape index (κ3) is 14.4. The van der Waals surface area contributed by atoms with E-state index >= 15 is 0 Å². The summed E-state index contributed by atoms with van der Waals surface area (Å²) in [5.41, 5.74) is 5.44. The predicted molar refractivity (Wildman–Crippen MR) is 268 cm³/mol. The van der Waals surface area contributed by atoms with E-state index < -0.39 is 0 Å². The highest BCUT2D eigenvalue weighted by atomic mass is 32.2. The van der Waals surface area contributed by atoms with Crippen LogP contribution in [-0.4, -0.2) is 71.9 Å². The number of allylic oxidation sites excluding steroid dienone is 2. The van der Waals surface area contributed by atoms with E-state index in [1.54, 1.807) is 0 Å². The molecule has 62 heavy (non-hydrogen) atoms. The molecule has 0 saturated carbocycles. The van der Waals surface area contributed by atoms with Crippen molar-refractivity contribution in [3.8, 4) is 0 Å². The van der Waals surface area contributed by atoms with Crippen LogP contribution in [0.25, 0.3) is 11.1 Å². The van der Waals surface area contributed by atoms with Crippen LogP contribution in [0.15, 0.2) is 30.0 Å². The van der Waals surface area contributed by atoms with E-state index in [1.807, 2.05) is 47.8 Å². The SMILES string of the molecule is CCCCCCCCCCCSCCC(=O)Nc1cc2c(cc1C1=C(O)/C(=c3/cc4c(cc3NC(=O)CCSCCCCCCCCCCC)=[N+](CC)CC4)C1=O)CCN2CC. The average Bonchev–Trinajstić information content (AvgIpc) is 3.87. The summed E-state index contributed by atoms with van der Waals surface area (Å²) in [7, 11) is 0. The highest BCUT2D eigenvalue weighted by Gasteiger charge is 2.39. The van der Waals surface area contributed by atoms with Crippen LogP contribution in [0, 0.1) is 0 Å². The monoisotopic (exact) mass is 888 g/mol. The van der Waals surface area contributed by atoms with Gasteiger partial charge in [-0.15, -0.1) is 0 Å². The summed E-state index contributed by atoms with van der Waals surface area (Å²) in [5, 5.41) is 19.8. The van der Waals surface area contributed by atoms with Crippen LogP contribution in [0.2, 0.25) is 0 Å². The molecule has 3 aliphatic rings. The maximum absolute atomic E-state index is 14.4. The number of aliphatic hydroxyl groups is 1. The van der Waals surface area contributed by atoms with Gasteiger partial charge in [0.25, 0.3) is 0 Å². The number of hydrogen-bond donors (Lipinski definition) is 3. The number of hydrogen-bond acceptors (Lipinski definition) is 7. The van der Waals surface area contributed by atoms with E-state index in [9.17, 15) is 19.5 Å². The Morgan fingerprint density at radius 1 is 0.645 bits per heavy atom. The Morgan fingerprint density at radius 2 is 1.19 bits per heavy atom. The molecule has 342 valence electrons. The van der Waals surface area contributed by atoms with Crippen LogP contribution < -0.4 is 30.7 Å². The number of aliphatic hydroxyl groups excluding tert-OH is 1. The number of benzene rings is 2. The van der Waals surface area contributed by atoms with Crippen molar-refractivity contribution in [2.24, 2.45) is 0 Å². The van der Waals surface area contributed by atoms with E-state index in [0.29, 0.717) is 35.0 Å². The van der Waals surface area contributed by atoms with Gasteiger partial charge in [-0.1, -0.05) is 117 Å². The number of amides is 2. The Kier molecular flexibility index (Phi) is 21.8. The summed E-state index contributed by atoms with van der Waals surface area (Å²) in [6.07, 6.45) is 26.0. The first kappa shape index (κ1) is 49.8. The topological polar surface area (TPSA) is 102 Å². The molecule has 5 rings (SSSR count). The van der Waals surface area contributed by atoms with Gasteiger partial charge in [0.05, 0.1) is 22.5 Å². The molecule has 2 amide bonds. The third-order valence-electron chi connectivity index (χ3n) is 12.9. The molecule has 2 aromatic rings. The number of unbranched alkanes of at least 4 members (excludes halogenated alkanes) is 16. The maximum atomic E-state index is 14.4. The molecular formula is C52H79N4O4S2+. The molecule has 0 radical (unpaired) electrons. The Hall–Kier alpha value is -3.24. The predicted octanol–water partition coefficient (Wildman–Crippen LogP) is 11.0. The first-order valence-corrected chi connectivity index (χ1v) is 27.1. The molecule has 0 unspecified atom stereocenters. The first-order valence-electron chi connectivity index (χ1n) is 24.8. The van der Waals surface area contributed by atoms with E-state index in [1.165, 1.54) is 116 Å². The van der Waals surface area contributed by atoms with Crippen molar-refractivity contribution in [2.45, 2.75) is 169 Å². The second-order valence-corrected chi connectivity index (χ2v) is 20.1. The van der Waals surface area contributed by atoms with Crippen LogP contribution in [-0.2, 0) is 27.2 Å². The minimum atomic E-state index is -0.267. The number of rotatable bonds is 31. The van der Waals surface area contributed by atoms with Gasteiger partial charge in [-0.3, -0.25) is 14.4 Å². The summed E-state index contributed by atoms with van der Waals surface area (Å²) in [4.78, 5) is 43.5. The standard InChI is InChI=1S/C52H78N4O4S2/c1-5-9-11-13-15-17-19-21-23-31-61-33-27-47(57)53-43-37-45-39(25-29-55(45)7-3)35-41(43)49-51(59)50(52(49)60)42-36-40-26-30-56(8-4)46(40)38-44(42)54-48(58)28-34-62-32-24-22-20-18-16-14-12-10-6-2/h35-38H,5-34H2,1-4H3,(H2,53,54,57,58,59,60)/p+1. The second kappa shape index (κ2) is 27.2. The van der Waals surface area contributed by atoms with E-state index in [-0.39, 0.29) is 34.5 Å². The van der Waals surface area contributed by atoms with Crippen LogP contribution >= 0.6 is 23.5 Å². The van der Waals surface area contributed by atoms with E-state index in [0.717, 1.165) is 84.2 Å². The van der Waals surface area contributed by atoms with E-state index in [2.05, 4.69) is 47.8 Å².